The molecule has 7 heteroatoms. The van der Waals surface area contributed by atoms with Gasteiger partial charge in [-0.25, -0.2) is 9.98 Å². The fourth-order valence-electron chi connectivity index (χ4n) is 2.61. The monoisotopic (exact) mass is 382 g/mol. The van der Waals surface area contributed by atoms with Gasteiger partial charge in [-0.05, 0) is 43.7 Å². The third-order valence-electron chi connectivity index (χ3n) is 4.30. The number of aromatic nitrogens is 1. The van der Waals surface area contributed by atoms with Crippen molar-refractivity contribution in [2.45, 2.75) is 33.4 Å². The van der Waals surface area contributed by atoms with Crippen LogP contribution in [-0.4, -0.2) is 24.6 Å². The number of methoxy groups -OCH3 is 1. The van der Waals surface area contributed by atoms with Gasteiger partial charge >= 0.3 is 0 Å². The topological polar surface area (TPSA) is 84.8 Å². The highest BCUT2D eigenvalue weighted by Crippen LogP contribution is 2.12. The number of furan rings is 1. The molecule has 148 valence electrons. The van der Waals surface area contributed by atoms with E-state index >= 15 is 0 Å². The summed E-state index contributed by atoms with van der Waals surface area (Å²) in [7, 11) is 1.66. The second-order valence-electron chi connectivity index (χ2n) is 6.37. The fraction of sp³-hybridized carbons (Fsp3) is 0.333. The molecular weight excluding hydrogens is 356 g/mol. The van der Waals surface area contributed by atoms with E-state index in [-0.39, 0.29) is 0 Å². The third kappa shape index (κ3) is 5.64. The van der Waals surface area contributed by atoms with E-state index in [1.54, 1.807) is 13.4 Å². The normalized spacial score (nSPS) is 11.5. The van der Waals surface area contributed by atoms with Crippen LogP contribution < -0.4 is 15.4 Å². The highest BCUT2D eigenvalue weighted by molar-refractivity contribution is 5.79. The largest absolute Gasteiger partial charge is 0.497 e. The standard InChI is InChI=1S/C21H26N4O3/c1-15-16(2)28-20(25-15)14-24-21(22-11-10-19-5-4-12-27-19)23-13-17-6-8-18(26-3)9-7-17/h4-9,12H,10-11,13-14H2,1-3H3,(H2,22,23,24). The van der Waals surface area contributed by atoms with Gasteiger partial charge in [-0.15, -0.1) is 0 Å². The molecule has 7 nitrogen and oxygen atoms in total. The quantitative estimate of drug-likeness (QED) is 0.459. The van der Waals surface area contributed by atoms with E-state index in [1.165, 1.54) is 0 Å². The minimum Gasteiger partial charge on any atom is -0.497 e. The van der Waals surface area contributed by atoms with Gasteiger partial charge in [0.25, 0.3) is 0 Å². The molecule has 0 saturated carbocycles. The van der Waals surface area contributed by atoms with Gasteiger partial charge in [0, 0.05) is 13.0 Å². The van der Waals surface area contributed by atoms with Crippen molar-refractivity contribution in [3.8, 4) is 5.75 Å². The highest BCUT2D eigenvalue weighted by atomic mass is 16.5. The van der Waals surface area contributed by atoms with E-state index in [1.807, 2.05) is 50.2 Å². The molecule has 28 heavy (non-hydrogen) atoms. The average Bonchev–Trinajstić information content (AvgIpc) is 3.33. The number of nitrogens with zero attached hydrogens (tertiary/aromatic N) is 2. The summed E-state index contributed by atoms with van der Waals surface area (Å²) in [5.41, 5.74) is 2.00. The maximum absolute atomic E-state index is 5.63. The number of benzene rings is 1. The Bertz CT molecular complexity index is 864. The Hall–Kier alpha value is -3.22. The molecule has 0 bridgehead atoms. The Morgan fingerprint density at radius 3 is 2.61 bits per heavy atom. The molecule has 3 aromatic rings. The predicted octanol–water partition coefficient (Wildman–Crippen LogP) is 3.37. The molecular formula is C21H26N4O3. The molecule has 0 amide bonds. The SMILES string of the molecule is COc1ccc(CN=C(NCCc2ccco2)NCc2nc(C)c(C)o2)cc1. The maximum atomic E-state index is 5.63. The van der Waals surface area contributed by atoms with E-state index in [9.17, 15) is 0 Å². The number of hydrogen-bond donors (Lipinski definition) is 2. The van der Waals surface area contributed by atoms with Gasteiger partial charge in [0.15, 0.2) is 5.96 Å². The second-order valence-corrected chi connectivity index (χ2v) is 6.37. The van der Waals surface area contributed by atoms with Crippen molar-refractivity contribution >= 4 is 5.96 Å². The molecule has 3 rings (SSSR count). The van der Waals surface area contributed by atoms with Crippen LogP contribution in [-0.2, 0) is 19.5 Å². The summed E-state index contributed by atoms with van der Waals surface area (Å²) in [6, 6.07) is 11.7. The number of guanidine groups is 1. The predicted molar refractivity (Wildman–Crippen MR) is 107 cm³/mol. The first-order valence-electron chi connectivity index (χ1n) is 9.24. The Labute approximate surface area is 164 Å². The van der Waals surface area contributed by atoms with E-state index < -0.39 is 0 Å². The second kappa shape index (κ2) is 9.64. The van der Waals surface area contributed by atoms with Gasteiger partial charge in [-0.2, -0.15) is 0 Å². The van der Waals surface area contributed by atoms with Crippen molar-refractivity contribution in [2.24, 2.45) is 4.99 Å². The Balaban J connectivity index is 1.61. The maximum Gasteiger partial charge on any atom is 0.214 e. The molecule has 0 saturated heterocycles. The molecule has 0 aliphatic rings. The van der Waals surface area contributed by atoms with Crippen LogP contribution in [0, 0.1) is 13.8 Å². The van der Waals surface area contributed by atoms with Crippen LogP contribution in [0.25, 0.3) is 0 Å². The lowest BCUT2D eigenvalue weighted by Gasteiger charge is -2.11. The van der Waals surface area contributed by atoms with E-state index in [4.69, 9.17) is 13.6 Å². The summed E-state index contributed by atoms with van der Waals surface area (Å²) >= 11 is 0. The average molecular weight is 382 g/mol. The minimum absolute atomic E-state index is 0.462. The van der Waals surface area contributed by atoms with Crippen LogP contribution in [0.15, 0.2) is 56.5 Å². The number of rotatable bonds is 8. The summed E-state index contributed by atoms with van der Waals surface area (Å²) < 4.78 is 16.2. The zero-order valence-electron chi connectivity index (χ0n) is 16.5. The third-order valence-corrected chi connectivity index (χ3v) is 4.30. The summed E-state index contributed by atoms with van der Waals surface area (Å²) in [6.45, 7) is 5.55. The van der Waals surface area contributed by atoms with Gasteiger partial charge in [0.05, 0.1) is 32.2 Å². The van der Waals surface area contributed by atoms with Crippen LogP contribution in [0.2, 0.25) is 0 Å². The van der Waals surface area contributed by atoms with Crippen LogP contribution >= 0.6 is 0 Å². The van der Waals surface area contributed by atoms with Crippen molar-refractivity contribution in [3.63, 3.8) is 0 Å². The zero-order valence-corrected chi connectivity index (χ0v) is 16.5. The Kier molecular flexibility index (Phi) is 6.73. The minimum atomic E-state index is 0.462. The van der Waals surface area contributed by atoms with E-state index in [0.717, 1.165) is 34.9 Å². The number of ether oxygens (including phenoxy) is 1. The van der Waals surface area contributed by atoms with E-state index in [2.05, 4.69) is 20.6 Å². The van der Waals surface area contributed by atoms with Gasteiger partial charge in [0.1, 0.15) is 17.3 Å². The summed E-state index contributed by atoms with van der Waals surface area (Å²) in [5.74, 6) is 3.92. The molecule has 0 aliphatic carbocycles. The fourth-order valence-corrected chi connectivity index (χ4v) is 2.61. The van der Waals surface area contributed by atoms with Crippen LogP contribution in [0.3, 0.4) is 0 Å². The van der Waals surface area contributed by atoms with Crippen LogP contribution in [0.4, 0.5) is 0 Å². The number of aryl methyl sites for hydroxylation is 2. The van der Waals surface area contributed by atoms with Gasteiger partial charge < -0.3 is 24.2 Å². The highest BCUT2D eigenvalue weighted by Gasteiger charge is 2.07. The first kappa shape index (κ1) is 19.5. The number of aliphatic imine (C=N–C) groups is 1. The number of oxazole rings is 1. The van der Waals surface area contributed by atoms with Crippen LogP contribution in [0.1, 0.15) is 28.7 Å². The van der Waals surface area contributed by atoms with Gasteiger partial charge in [-0.3, -0.25) is 0 Å². The van der Waals surface area contributed by atoms with Crippen molar-refractivity contribution in [1.82, 2.24) is 15.6 Å². The van der Waals surface area contributed by atoms with Crippen molar-refractivity contribution < 1.29 is 13.6 Å². The smallest absolute Gasteiger partial charge is 0.214 e. The van der Waals surface area contributed by atoms with Gasteiger partial charge in [0.2, 0.25) is 5.89 Å². The Morgan fingerprint density at radius 2 is 1.96 bits per heavy atom. The zero-order chi connectivity index (χ0) is 19.8. The molecule has 0 fully saturated rings. The first-order chi connectivity index (χ1) is 13.6. The lowest BCUT2D eigenvalue weighted by Crippen LogP contribution is -2.38. The van der Waals surface area contributed by atoms with Crippen LogP contribution in [0.5, 0.6) is 5.75 Å². The van der Waals surface area contributed by atoms with Gasteiger partial charge in [-0.1, -0.05) is 12.1 Å². The number of hydrogen-bond acceptors (Lipinski definition) is 5. The summed E-state index contributed by atoms with van der Waals surface area (Å²) in [4.78, 5) is 9.07. The lowest BCUT2D eigenvalue weighted by atomic mass is 10.2. The molecule has 0 spiro atoms. The Morgan fingerprint density at radius 1 is 1.14 bits per heavy atom. The molecule has 0 atom stereocenters. The molecule has 2 aromatic heterocycles. The lowest BCUT2D eigenvalue weighted by molar-refractivity contribution is 0.414. The number of nitrogens with one attached hydrogen (secondary N) is 2. The van der Waals surface area contributed by atoms with Crippen molar-refractivity contribution in [2.75, 3.05) is 13.7 Å². The summed E-state index contributed by atoms with van der Waals surface area (Å²) in [6.07, 6.45) is 2.45. The molecule has 2 N–H and O–H groups in total. The molecule has 0 unspecified atom stereocenters. The summed E-state index contributed by atoms with van der Waals surface area (Å²) in [5, 5.41) is 6.60. The molecule has 0 aliphatic heterocycles. The first-order valence-corrected chi connectivity index (χ1v) is 9.24. The van der Waals surface area contributed by atoms with E-state index in [0.29, 0.717) is 31.5 Å². The van der Waals surface area contributed by atoms with Crippen molar-refractivity contribution in [3.05, 3.63) is 71.3 Å². The molecule has 0 radical (unpaired) electrons. The molecule has 1 aromatic carbocycles. The van der Waals surface area contributed by atoms with Crippen molar-refractivity contribution in [1.29, 1.82) is 0 Å². The molecule has 2 heterocycles.